The molecule has 1 saturated heterocycles. The van der Waals surface area contributed by atoms with Crippen LogP contribution in [0.3, 0.4) is 0 Å². The van der Waals surface area contributed by atoms with Crippen LogP contribution in [0.15, 0.2) is 18.2 Å². The van der Waals surface area contributed by atoms with Gasteiger partial charge in [0, 0.05) is 56.2 Å². The minimum atomic E-state index is 0.273. The van der Waals surface area contributed by atoms with Gasteiger partial charge < -0.3 is 9.80 Å². The minimum Gasteiger partial charge on any atom is -0.353 e. The van der Waals surface area contributed by atoms with E-state index in [-0.39, 0.29) is 5.91 Å². The molecular formula is C27H40N4O. The molecular weight excluding hydrogens is 396 g/mol. The van der Waals surface area contributed by atoms with Crippen LogP contribution in [0.4, 0.5) is 5.82 Å². The Hall–Kier alpha value is -2.43. The predicted molar refractivity (Wildman–Crippen MR) is 132 cm³/mol. The summed E-state index contributed by atoms with van der Waals surface area (Å²) in [5.41, 5.74) is 6.20. The van der Waals surface area contributed by atoms with E-state index in [0.29, 0.717) is 18.3 Å². The van der Waals surface area contributed by atoms with E-state index in [1.165, 1.54) is 22.3 Å². The molecule has 0 radical (unpaired) electrons. The zero-order chi connectivity index (χ0) is 23.4. The zero-order valence-electron chi connectivity index (χ0n) is 21.0. The van der Waals surface area contributed by atoms with Crippen LogP contribution < -0.4 is 4.90 Å². The number of carbonyl (C=O) groups excluding carboxylic acids is 1. The first kappa shape index (κ1) is 24.2. The third kappa shape index (κ3) is 5.67. The SMILES string of the molecule is CCC(C)c1nc(C)c(Cc2cc(C)ccc2C)c(N2CCN(C(=O)CC(C)C)CC2)n1. The molecule has 0 aliphatic carbocycles. The lowest BCUT2D eigenvalue weighted by Gasteiger charge is -2.37. The van der Waals surface area contributed by atoms with Crippen molar-refractivity contribution < 1.29 is 4.79 Å². The second-order valence-electron chi connectivity index (χ2n) is 9.85. The number of nitrogens with zero attached hydrogens (tertiary/aromatic N) is 4. The summed E-state index contributed by atoms with van der Waals surface area (Å²) < 4.78 is 0. The van der Waals surface area contributed by atoms with Crippen molar-refractivity contribution in [3.63, 3.8) is 0 Å². The van der Waals surface area contributed by atoms with Crippen LogP contribution in [-0.2, 0) is 11.2 Å². The normalized spacial score (nSPS) is 15.4. The monoisotopic (exact) mass is 436 g/mol. The molecule has 3 rings (SSSR count). The van der Waals surface area contributed by atoms with Crippen LogP contribution in [-0.4, -0.2) is 47.0 Å². The quantitative estimate of drug-likeness (QED) is 0.598. The van der Waals surface area contributed by atoms with E-state index in [4.69, 9.17) is 9.97 Å². The van der Waals surface area contributed by atoms with Gasteiger partial charge in [0.2, 0.25) is 5.91 Å². The van der Waals surface area contributed by atoms with Crippen molar-refractivity contribution in [2.75, 3.05) is 31.1 Å². The summed E-state index contributed by atoms with van der Waals surface area (Å²) in [6.45, 7) is 18.2. The number of hydrogen-bond acceptors (Lipinski definition) is 4. The fourth-order valence-corrected chi connectivity index (χ4v) is 4.30. The van der Waals surface area contributed by atoms with Gasteiger partial charge in [-0.1, -0.05) is 51.5 Å². The highest BCUT2D eigenvalue weighted by Gasteiger charge is 2.26. The summed E-state index contributed by atoms with van der Waals surface area (Å²) in [7, 11) is 0. The maximum Gasteiger partial charge on any atom is 0.222 e. The summed E-state index contributed by atoms with van der Waals surface area (Å²) in [6, 6.07) is 6.65. The first-order chi connectivity index (χ1) is 15.2. The van der Waals surface area contributed by atoms with E-state index in [1.807, 2.05) is 4.90 Å². The highest BCUT2D eigenvalue weighted by molar-refractivity contribution is 5.76. The van der Waals surface area contributed by atoms with E-state index in [1.54, 1.807) is 0 Å². The number of carbonyl (C=O) groups is 1. The van der Waals surface area contributed by atoms with Crippen LogP contribution in [0.1, 0.15) is 80.2 Å². The Morgan fingerprint density at radius 3 is 2.34 bits per heavy atom. The molecule has 2 aromatic rings. The van der Waals surface area contributed by atoms with Crippen molar-refractivity contribution >= 4 is 11.7 Å². The third-order valence-corrected chi connectivity index (χ3v) is 6.65. The second kappa shape index (κ2) is 10.5. The average Bonchev–Trinajstić information content (AvgIpc) is 2.76. The Labute approximate surface area is 194 Å². The topological polar surface area (TPSA) is 49.3 Å². The molecule has 0 spiro atoms. The predicted octanol–water partition coefficient (Wildman–Crippen LogP) is 5.20. The number of piperazine rings is 1. The van der Waals surface area contributed by atoms with Crippen molar-refractivity contribution in [2.45, 2.75) is 73.6 Å². The molecule has 174 valence electrons. The summed E-state index contributed by atoms with van der Waals surface area (Å²) in [5, 5.41) is 0. The lowest BCUT2D eigenvalue weighted by molar-refractivity contribution is -0.132. The van der Waals surface area contributed by atoms with Gasteiger partial charge in [-0.3, -0.25) is 4.79 Å². The first-order valence-corrected chi connectivity index (χ1v) is 12.2. The average molecular weight is 437 g/mol. The van der Waals surface area contributed by atoms with Crippen molar-refractivity contribution in [1.29, 1.82) is 0 Å². The van der Waals surface area contributed by atoms with Crippen LogP contribution in [0.5, 0.6) is 0 Å². The van der Waals surface area contributed by atoms with Gasteiger partial charge in [-0.15, -0.1) is 0 Å². The molecule has 1 aromatic carbocycles. The van der Waals surface area contributed by atoms with E-state index in [9.17, 15) is 4.79 Å². The molecule has 5 heteroatoms. The molecule has 1 aromatic heterocycles. The number of amides is 1. The number of aromatic nitrogens is 2. The van der Waals surface area contributed by atoms with Crippen molar-refractivity contribution in [3.8, 4) is 0 Å². The summed E-state index contributed by atoms with van der Waals surface area (Å²) in [5.74, 6) is 2.99. The van der Waals surface area contributed by atoms with Crippen LogP contribution >= 0.6 is 0 Å². The number of benzene rings is 1. The largest absolute Gasteiger partial charge is 0.353 e. The summed E-state index contributed by atoms with van der Waals surface area (Å²) >= 11 is 0. The zero-order valence-corrected chi connectivity index (χ0v) is 21.0. The van der Waals surface area contributed by atoms with E-state index < -0.39 is 0 Å². The molecule has 0 bridgehead atoms. The van der Waals surface area contributed by atoms with Gasteiger partial charge in [0.25, 0.3) is 0 Å². The molecule has 1 amide bonds. The molecule has 1 atom stereocenters. The van der Waals surface area contributed by atoms with Crippen molar-refractivity contribution in [1.82, 2.24) is 14.9 Å². The number of rotatable bonds is 7. The molecule has 1 fully saturated rings. The Balaban J connectivity index is 1.91. The van der Waals surface area contributed by atoms with Crippen molar-refractivity contribution in [3.05, 3.63) is 52.0 Å². The second-order valence-corrected chi connectivity index (χ2v) is 9.85. The molecule has 5 nitrogen and oxygen atoms in total. The molecule has 1 unspecified atom stereocenters. The highest BCUT2D eigenvalue weighted by atomic mass is 16.2. The molecule has 32 heavy (non-hydrogen) atoms. The molecule has 2 heterocycles. The van der Waals surface area contributed by atoms with E-state index in [0.717, 1.165) is 56.4 Å². The third-order valence-electron chi connectivity index (χ3n) is 6.65. The lowest BCUT2D eigenvalue weighted by atomic mass is 9.97. The van der Waals surface area contributed by atoms with Gasteiger partial charge in [-0.2, -0.15) is 0 Å². The van der Waals surface area contributed by atoms with Crippen LogP contribution in [0, 0.1) is 26.7 Å². The highest BCUT2D eigenvalue weighted by Crippen LogP contribution is 2.29. The smallest absolute Gasteiger partial charge is 0.222 e. The first-order valence-electron chi connectivity index (χ1n) is 12.2. The molecule has 1 aliphatic rings. The Morgan fingerprint density at radius 1 is 1.03 bits per heavy atom. The Kier molecular flexibility index (Phi) is 7.91. The summed E-state index contributed by atoms with van der Waals surface area (Å²) in [4.78, 5) is 27.0. The molecule has 1 aliphatic heterocycles. The van der Waals surface area contributed by atoms with Gasteiger partial charge in [-0.05, 0) is 44.2 Å². The fourth-order valence-electron chi connectivity index (χ4n) is 4.30. The van der Waals surface area contributed by atoms with Gasteiger partial charge in [0.05, 0.1) is 0 Å². The fraction of sp³-hybridized carbons (Fsp3) is 0.593. The van der Waals surface area contributed by atoms with Gasteiger partial charge in [-0.25, -0.2) is 9.97 Å². The minimum absolute atomic E-state index is 0.273. The van der Waals surface area contributed by atoms with E-state index in [2.05, 4.69) is 71.6 Å². The number of anilines is 1. The Bertz CT molecular complexity index is 945. The van der Waals surface area contributed by atoms with Crippen LogP contribution in [0.2, 0.25) is 0 Å². The Morgan fingerprint density at radius 2 is 1.72 bits per heavy atom. The maximum atomic E-state index is 12.5. The maximum absolute atomic E-state index is 12.5. The van der Waals surface area contributed by atoms with Crippen molar-refractivity contribution in [2.24, 2.45) is 5.92 Å². The summed E-state index contributed by atoms with van der Waals surface area (Å²) in [6.07, 6.45) is 2.48. The number of hydrogen-bond donors (Lipinski definition) is 0. The molecule has 0 N–H and O–H groups in total. The molecule has 0 saturated carbocycles. The standard InChI is InChI=1S/C27H40N4O/c1-8-20(5)26-28-22(7)24(17-23-16-19(4)9-10-21(23)6)27(29-26)31-13-11-30(12-14-31)25(32)15-18(2)3/h9-10,16,18,20H,8,11-15,17H2,1-7H3. The lowest BCUT2D eigenvalue weighted by Crippen LogP contribution is -2.49. The number of aryl methyl sites for hydroxylation is 3. The van der Waals surface area contributed by atoms with Gasteiger partial charge in [0.15, 0.2) is 0 Å². The van der Waals surface area contributed by atoms with Gasteiger partial charge in [0.1, 0.15) is 11.6 Å². The van der Waals surface area contributed by atoms with Crippen LogP contribution in [0.25, 0.3) is 0 Å². The van der Waals surface area contributed by atoms with E-state index >= 15 is 0 Å². The van der Waals surface area contributed by atoms with Gasteiger partial charge >= 0.3 is 0 Å².